The molecule has 4 aliphatic heterocycles. The lowest BCUT2D eigenvalue weighted by Crippen LogP contribution is -2.49. The summed E-state index contributed by atoms with van der Waals surface area (Å²) in [5, 5.41) is 9.93. The van der Waals surface area contributed by atoms with E-state index in [2.05, 4.69) is 64.5 Å². The summed E-state index contributed by atoms with van der Waals surface area (Å²) in [6.45, 7) is 5.96. The Hall–Kier alpha value is -5.90. The number of benzene rings is 3. The van der Waals surface area contributed by atoms with Gasteiger partial charge in [0.05, 0.1) is 6.20 Å². The number of oxazole rings is 2. The van der Waals surface area contributed by atoms with E-state index in [4.69, 9.17) is 23.5 Å². The molecule has 1 aliphatic carbocycles. The van der Waals surface area contributed by atoms with Crippen molar-refractivity contribution in [3.05, 3.63) is 124 Å². The lowest BCUT2D eigenvalue weighted by molar-refractivity contribution is -0.128. The van der Waals surface area contributed by atoms with Crippen molar-refractivity contribution in [2.45, 2.75) is 63.8 Å². The molecule has 0 fully saturated rings. The highest BCUT2D eigenvalue weighted by Crippen LogP contribution is 2.61. The number of nitrogens with zero attached hydrogens (tertiary/aromatic N) is 2. The predicted molar refractivity (Wildman–Crippen MR) is 190 cm³/mol. The number of allylic oxidation sites excluding steroid dienone is 2. The molecule has 4 unspecified atom stereocenters. The first-order valence-electron chi connectivity index (χ1n) is 17.6. The predicted octanol–water partition coefficient (Wildman–Crippen LogP) is 6.60. The van der Waals surface area contributed by atoms with E-state index in [1.807, 2.05) is 32.9 Å². The number of fused-ring (bicyclic) bond motifs is 7. The Kier molecular flexibility index (Phi) is 6.35. The number of para-hydroxylation sites is 1. The Morgan fingerprint density at radius 1 is 1.08 bits per heavy atom. The van der Waals surface area contributed by atoms with Gasteiger partial charge in [-0.1, -0.05) is 81.5 Å². The van der Waals surface area contributed by atoms with E-state index in [1.165, 1.54) is 11.6 Å². The Morgan fingerprint density at radius 2 is 1.94 bits per heavy atom. The van der Waals surface area contributed by atoms with Gasteiger partial charge in [0.15, 0.2) is 23.4 Å². The summed E-state index contributed by atoms with van der Waals surface area (Å²) >= 11 is 0. The van der Waals surface area contributed by atoms with Gasteiger partial charge in [-0.15, -0.1) is 0 Å². The van der Waals surface area contributed by atoms with Crippen LogP contribution in [0.15, 0.2) is 87.9 Å². The summed E-state index contributed by atoms with van der Waals surface area (Å²) in [6.07, 6.45) is 8.38. The first kappa shape index (κ1) is 30.0. The van der Waals surface area contributed by atoms with Crippen LogP contribution >= 0.6 is 0 Å². The molecule has 2 amide bonds. The number of carbonyl (C=O) groups is 2. The highest BCUT2D eigenvalue weighted by atomic mass is 16.5. The maximum atomic E-state index is 14.1. The third-order valence-electron chi connectivity index (χ3n) is 10.9. The van der Waals surface area contributed by atoms with E-state index >= 15 is 0 Å². The molecule has 2 aromatic heterocycles. The van der Waals surface area contributed by atoms with E-state index in [9.17, 15) is 9.59 Å². The van der Waals surface area contributed by atoms with Gasteiger partial charge in [0, 0.05) is 34.4 Å². The molecule has 4 atom stereocenters. The Labute approximate surface area is 294 Å². The summed E-state index contributed by atoms with van der Waals surface area (Å²) in [6, 6.07) is 17.3. The number of rotatable bonds is 4. The van der Waals surface area contributed by atoms with Gasteiger partial charge in [0.25, 0.3) is 0 Å². The molecule has 10 nitrogen and oxygen atoms in total. The quantitative estimate of drug-likeness (QED) is 0.182. The van der Waals surface area contributed by atoms with Crippen LogP contribution in [0.25, 0.3) is 28.3 Å². The highest BCUT2D eigenvalue weighted by Gasteiger charge is 2.61. The maximum Gasteiger partial charge on any atom is 0.249 e. The van der Waals surface area contributed by atoms with Gasteiger partial charge in [0.1, 0.15) is 23.2 Å². The van der Waals surface area contributed by atoms with Crippen LogP contribution < -0.4 is 20.7 Å². The van der Waals surface area contributed by atoms with E-state index in [-0.39, 0.29) is 24.2 Å². The molecule has 5 aliphatic rings. The number of amides is 2. The molecular formula is C41H35N5O5. The van der Waals surface area contributed by atoms with Crippen LogP contribution in [0, 0.1) is 5.92 Å². The van der Waals surface area contributed by atoms with Crippen molar-refractivity contribution >= 4 is 23.1 Å². The molecule has 10 bridgehead atoms. The zero-order valence-corrected chi connectivity index (χ0v) is 28.4. The van der Waals surface area contributed by atoms with E-state index in [1.54, 1.807) is 12.3 Å². The molecule has 5 aromatic rings. The number of anilines is 1. The van der Waals surface area contributed by atoms with Gasteiger partial charge in [0.2, 0.25) is 23.6 Å². The largest absolute Gasteiger partial charge is 0.469 e. The number of ether oxygens (including phenoxy) is 1. The fourth-order valence-electron chi connectivity index (χ4n) is 8.55. The SMILES string of the molecule is CC/C=C/C(=O)NC1Cc2ccc3c(c2)C24c5cccc(c5NC2O3)-c2cccc3c2C(=CC3)c2cnc(o2)-c2nc(oc24)C(C(C)C)NC1=O. The van der Waals surface area contributed by atoms with Crippen molar-refractivity contribution in [2.24, 2.45) is 5.92 Å². The monoisotopic (exact) mass is 677 g/mol. The second kappa shape index (κ2) is 10.8. The topological polar surface area (TPSA) is 132 Å². The van der Waals surface area contributed by atoms with E-state index in [0.717, 1.165) is 51.1 Å². The highest BCUT2D eigenvalue weighted by molar-refractivity contribution is 5.97. The average molecular weight is 678 g/mol. The first-order chi connectivity index (χ1) is 24.8. The van der Waals surface area contributed by atoms with Crippen molar-refractivity contribution in [3.8, 4) is 28.5 Å². The first-order valence-corrected chi connectivity index (χ1v) is 17.6. The summed E-state index contributed by atoms with van der Waals surface area (Å²) in [7, 11) is 0. The number of hydrogen-bond acceptors (Lipinski definition) is 8. The fourth-order valence-corrected chi connectivity index (χ4v) is 8.55. The average Bonchev–Trinajstić information content (AvgIpc) is 3.95. The minimum Gasteiger partial charge on any atom is -0.469 e. The molecular weight excluding hydrogens is 642 g/mol. The Balaban J connectivity index is 1.28. The summed E-state index contributed by atoms with van der Waals surface area (Å²) in [5.74, 6) is 1.73. The molecule has 3 N–H and O–H groups in total. The van der Waals surface area contributed by atoms with Crippen LogP contribution in [0.1, 0.15) is 78.5 Å². The standard InChI is InChI=1S/C41H35N5O5/c1-4-5-12-31(47)43-28-18-21-13-16-29-27(17-21)41-26-11-7-10-24(34(26)46-40(41)50-29)23-9-6-8-22-14-15-25(32(22)23)30-19-42-38(49-30)35-36(41)51-39(45-35)33(20(2)3)44-37(28)48/h5-13,15-17,19-20,28,33,40,46H,4,14,18H2,1-3H3,(H,43,47)(H,44,48)/b12-5+. The zero-order chi connectivity index (χ0) is 34.6. The third kappa shape index (κ3) is 4.16. The molecule has 10 rings (SSSR count). The Morgan fingerprint density at radius 3 is 2.80 bits per heavy atom. The molecule has 0 saturated carbocycles. The molecule has 51 heavy (non-hydrogen) atoms. The van der Waals surface area contributed by atoms with E-state index < -0.39 is 23.7 Å². The van der Waals surface area contributed by atoms with Crippen LogP contribution in [0.2, 0.25) is 0 Å². The van der Waals surface area contributed by atoms with Crippen molar-refractivity contribution < 1.29 is 23.2 Å². The molecule has 0 radical (unpaired) electrons. The fraction of sp³-hybridized carbons (Fsp3) is 0.268. The summed E-state index contributed by atoms with van der Waals surface area (Å²) < 4.78 is 20.5. The molecule has 0 saturated heterocycles. The second-order valence-corrected chi connectivity index (χ2v) is 14.2. The third-order valence-corrected chi connectivity index (χ3v) is 10.9. The van der Waals surface area contributed by atoms with Gasteiger partial charge >= 0.3 is 0 Å². The maximum absolute atomic E-state index is 14.1. The van der Waals surface area contributed by atoms with Gasteiger partial charge in [-0.25, -0.2) is 9.97 Å². The lowest BCUT2D eigenvalue weighted by atomic mass is 9.72. The molecule has 6 heterocycles. The zero-order valence-electron chi connectivity index (χ0n) is 28.4. The number of aromatic nitrogens is 2. The molecule has 3 aromatic carbocycles. The normalized spacial score (nSPS) is 23.0. The van der Waals surface area contributed by atoms with Gasteiger partial charge in [-0.2, -0.15) is 0 Å². The van der Waals surface area contributed by atoms with Crippen LogP contribution in [-0.4, -0.2) is 34.1 Å². The van der Waals surface area contributed by atoms with Crippen molar-refractivity contribution in [3.63, 3.8) is 0 Å². The van der Waals surface area contributed by atoms with Crippen LogP contribution in [0.5, 0.6) is 5.75 Å². The van der Waals surface area contributed by atoms with Gasteiger partial charge < -0.3 is 29.5 Å². The number of hydrogen-bond donors (Lipinski definition) is 3. The van der Waals surface area contributed by atoms with Gasteiger partial charge in [-0.05, 0) is 53.2 Å². The molecule has 1 spiro atoms. The summed E-state index contributed by atoms with van der Waals surface area (Å²) in [5.41, 5.74) is 8.59. The van der Waals surface area contributed by atoms with E-state index in [0.29, 0.717) is 41.2 Å². The minimum atomic E-state index is -1.00. The second-order valence-electron chi connectivity index (χ2n) is 14.2. The molecule has 10 heteroatoms. The van der Waals surface area contributed by atoms with Crippen molar-refractivity contribution in [1.29, 1.82) is 0 Å². The minimum absolute atomic E-state index is 0.117. The smallest absolute Gasteiger partial charge is 0.249 e. The number of carbonyl (C=O) groups excluding carboxylic acids is 2. The van der Waals surface area contributed by atoms with Crippen molar-refractivity contribution in [1.82, 2.24) is 20.6 Å². The van der Waals surface area contributed by atoms with Gasteiger partial charge in [-0.3, -0.25) is 9.59 Å². The van der Waals surface area contributed by atoms with Crippen LogP contribution in [-0.2, 0) is 27.8 Å². The molecule has 254 valence electrons. The number of nitrogens with one attached hydrogen (secondary N) is 3. The van der Waals surface area contributed by atoms with Crippen LogP contribution in [0.4, 0.5) is 5.69 Å². The Bertz CT molecular complexity index is 2380. The summed E-state index contributed by atoms with van der Waals surface area (Å²) in [4.78, 5) is 37.0. The van der Waals surface area contributed by atoms with Crippen LogP contribution in [0.3, 0.4) is 0 Å². The van der Waals surface area contributed by atoms with Crippen molar-refractivity contribution in [2.75, 3.05) is 5.32 Å². The lowest BCUT2D eigenvalue weighted by Gasteiger charge is -2.28.